The van der Waals surface area contributed by atoms with E-state index >= 15 is 0 Å². The van der Waals surface area contributed by atoms with Crippen LogP contribution >= 0.6 is 15.9 Å². The molecule has 1 N–H and O–H groups in total. The van der Waals surface area contributed by atoms with E-state index in [1.807, 2.05) is 12.1 Å². The van der Waals surface area contributed by atoms with Gasteiger partial charge >= 0.3 is 0 Å². The first kappa shape index (κ1) is 16.1. The normalized spacial score (nSPS) is 12.4. The highest BCUT2D eigenvalue weighted by molar-refractivity contribution is 9.10. The molecular formula is C17H18BrF2N. The SMILES string of the molecule is CCCNC(C)c1ccc(-c2c(F)ccc(Br)c2F)cc1. The first-order valence-electron chi connectivity index (χ1n) is 7.01. The maximum atomic E-state index is 14.1. The summed E-state index contributed by atoms with van der Waals surface area (Å²) < 4.78 is 28.2. The van der Waals surface area contributed by atoms with Crippen LogP contribution in [0, 0.1) is 11.6 Å². The van der Waals surface area contributed by atoms with Crippen molar-refractivity contribution in [1.82, 2.24) is 5.32 Å². The topological polar surface area (TPSA) is 12.0 Å². The van der Waals surface area contributed by atoms with Crippen LogP contribution in [0.5, 0.6) is 0 Å². The van der Waals surface area contributed by atoms with Gasteiger partial charge in [0.05, 0.1) is 10.0 Å². The first-order valence-corrected chi connectivity index (χ1v) is 7.81. The highest BCUT2D eigenvalue weighted by Gasteiger charge is 2.14. The molecule has 0 saturated heterocycles. The second-order valence-corrected chi connectivity index (χ2v) is 5.87. The fourth-order valence-corrected chi connectivity index (χ4v) is 2.54. The van der Waals surface area contributed by atoms with Gasteiger partial charge in [-0.1, -0.05) is 31.2 Å². The third kappa shape index (κ3) is 3.69. The molecule has 0 aromatic heterocycles. The Morgan fingerprint density at radius 3 is 2.38 bits per heavy atom. The molecule has 0 bridgehead atoms. The molecule has 0 saturated carbocycles. The van der Waals surface area contributed by atoms with Crippen LogP contribution in [0.2, 0.25) is 0 Å². The third-order valence-electron chi connectivity index (χ3n) is 3.44. The number of hydrogen-bond acceptors (Lipinski definition) is 1. The predicted molar refractivity (Wildman–Crippen MR) is 86.2 cm³/mol. The van der Waals surface area contributed by atoms with Crippen molar-refractivity contribution in [3.05, 3.63) is 58.1 Å². The number of halogens is 3. The van der Waals surface area contributed by atoms with Gasteiger partial charge in [-0.3, -0.25) is 0 Å². The van der Waals surface area contributed by atoms with Crippen molar-refractivity contribution in [2.75, 3.05) is 6.54 Å². The van der Waals surface area contributed by atoms with Crippen molar-refractivity contribution in [3.63, 3.8) is 0 Å². The highest BCUT2D eigenvalue weighted by Crippen LogP contribution is 2.31. The van der Waals surface area contributed by atoms with E-state index in [1.54, 1.807) is 12.1 Å². The predicted octanol–water partition coefficient (Wildman–Crippen LogP) is 5.45. The quantitative estimate of drug-likeness (QED) is 0.704. The van der Waals surface area contributed by atoms with E-state index in [1.165, 1.54) is 12.1 Å². The molecule has 0 spiro atoms. The maximum absolute atomic E-state index is 14.1. The van der Waals surface area contributed by atoms with E-state index in [2.05, 4.69) is 35.1 Å². The Kier molecular flexibility index (Phi) is 5.48. The summed E-state index contributed by atoms with van der Waals surface area (Å²) in [4.78, 5) is 0. The molecule has 1 unspecified atom stereocenters. The van der Waals surface area contributed by atoms with Crippen LogP contribution in [0.15, 0.2) is 40.9 Å². The molecular weight excluding hydrogens is 336 g/mol. The van der Waals surface area contributed by atoms with Crippen LogP contribution in [-0.4, -0.2) is 6.54 Å². The number of rotatable bonds is 5. The Morgan fingerprint density at radius 2 is 1.76 bits per heavy atom. The number of hydrogen-bond donors (Lipinski definition) is 1. The summed E-state index contributed by atoms with van der Waals surface area (Å²) in [6, 6.07) is 10.2. The molecule has 0 aliphatic carbocycles. The van der Waals surface area contributed by atoms with E-state index in [0.717, 1.165) is 18.5 Å². The van der Waals surface area contributed by atoms with Crippen molar-refractivity contribution in [3.8, 4) is 11.1 Å². The Bertz CT molecular complexity index is 611. The van der Waals surface area contributed by atoms with Gasteiger partial charge in [0.25, 0.3) is 0 Å². The van der Waals surface area contributed by atoms with Gasteiger partial charge in [0, 0.05) is 6.04 Å². The van der Waals surface area contributed by atoms with Gasteiger partial charge in [-0.15, -0.1) is 0 Å². The number of nitrogens with one attached hydrogen (secondary N) is 1. The molecule has 112 valence electrons. The van der Waals surface area contributed by atoms with Crippen LogP contribution in [0.4, 0.5) is 8.78 Å². The van der Waals surface area contributed by atoms with E-state index in [4.69, 9.17) is 0 Å². The second-order valence-electron chi connectivity index (χ2n) is 5.02. The molecule has 1 nitrogen and oxygen atoms in total. The molecule has 0 aliphatic rings. The van der Waals surface area contributed by atoms with Crippen molar-refractivity contribution in [1.29, 1.82) is 0 Å². The highest BCUT2D eigenvalue weighted by atomic mass is 79.9. The molecule has 0 amide bonds. The molecule has 2 rings (SSSR count). The Hall–Kier alpha value is -1.26. The van der Waals surface area contributed by atoms with Crippen LogP contribution < -0.4 is 5.32 Å². The summed E-state index contributed by atoms with van der Waals surface area (Å²) in [7, 11) is 0. The Morgan fingerprint density at radius 1 is 1.10 bits per heavy atom. The third-order valence-corrected chi connectivity index (χ3v) is 4.06. The lowest BCUT2D eigenvalue weighted by Gasteiger charge is -2.14. The van der Waals surface area contributed by atoms with Crippen LogP contribution in [0.3, 0.4) is 0 Å². The molecule has 4 heteroatoms. The van der Waals surface area contributed by atoms with Gasteiger partial charge < -0.3 is 5.32 Å². The zero-order valence-electron chi connectivity index (χ0n) is 12.1. The largest absolute Gasteiger partial charge is 0.310 e. The lowest BCUT2D eigenvalue weighted by atomic mass is 10.0. The average Bonchev–Trinajstić information content (AvgIpc) is 2.49. The minimum Gasteiger partial charge on any atom is -0.310 e. The number of benzene rings is 2. The molecule has 21 heavy (non-hydrogen) atoms. The van der Waals surface area contributed by atoms with Gasteiger partial charge in [0.15, 0.2) is 0 Å². The maximum Gasteiger partial charge on any atom is 0.148 e. The van der Waals surface area contributed by atoms with Crippen LogP contribution in [-0.2, 0) is 0 Å². The summed E-state index contributed by atoms with van der Waals surface area (Å²) in [6.07, 6.45) is 1.07. The van der Waals surface area contributed by atoms with Gasteiger partial charge in [-0.2, -0.15) is 0 Å². The van der Waals surface area contributed by atoms with Gasteiger partial charge in [0.2, 0.25) is 0 Å². The fourth-order valence-electron chi connectivity index (χ4n) is 2.21. The molecule has 0 fully saturated rings. The Balaban J connectivity index is 2.29. The van der Waals surface area contributed by atoms with Crippen molar-refractivity contribution >= 4 is 15.9 Å². The second kappa shape index (κ2) is 7.14. The summed E-state index contributed by atoms with van der Waals surface area (Å²) in [6.45, 7) is 5.13. The molecule has 0 aliphatic heterocycles. The average molecular weight is 354 g/mol. The van der Waals surface area contributed by atoms with E-state index < -0.39 is 11.6 Å². The minimum atomic E-state index is -0.570. The fraction of sp³-hybridized carbons (Fsp3) is 0.294. The van der Waals surface area contributed by atoms with Gasteiger partial charge in [-0.25, -0.2) is 8.78 Å². The van der Waals surface area contributed by atoms with E-state index in [0.29, 0.717) is 5.56 Å². The lowest BCUT2D eigenvalue weighted by Crippen LogP contribution is -2.19. The van der Waals surface area contributed by atoms with Gasteiger partial charge in [0.1, 0.15) is 11.6 Å². The standard InChI is InChI=1S/C17H18BrF2N/c1-3-10-21-11(2)12-4-6-13(7-5-12)16-15(19)9-8-14(18)17(16)20/h4-9,11,21H,3,10H2,1-2H3. The Labute approximate surface area is 132 Å². The smallest absolute Gasteiger partial charge is 0.148 e. The van der Waals surface area contributed by atoms with Crippen molar-refractivity contribution in [2.24, 2.45) is 0 Å². The van der Waals surface area contributed by atoms with E-state index in [-0.39, 0.29) is 16.1 Å². The van der Waals surface area contributed by atoms with Crippen LogP contribution in [0.25, 0.3) is 11.1 Å². The molecule has 2 aromatic carbocycles. The molecule has 0 radical (unpaired) electrons. The molecule has 0 heterocycles. The molecule has 1 atom stereocenters. The zero-order chi connectivity index (χ0) is 15.4. The lowest BCUT2D eigenvalue weighted by molar-refractivity contribution is 0.570. The van der Waals surface area contributed by atoms with Crippen LogP contribution in [0.1, 0.15) is 31.9 Å². The van der Waals surface area contributed by atoms with Crippen molar-refractivity contribution < 1.29 is 8.78 Å². The summed E-state index contributed by atoms with van der Waals surface area (Å²) in [5.41, 5.74) is 1.64. The summed E-state index contributed by atoms with van der Waals surface area (Å²) in [5, 5.41) is 3.38. The minimum absolute atomic E-state index is 0.00472. The van der Waals surface area contributed by atoms with Crippen molar-refractivity contribution in [2.45, 2.75) is 26.3 Å². The van der Waals surface area contributed by atoms with Gasteiger partial charge in [-0.05, 0) is 59.1 Å². The monoisotopic (exact) mass is 353 g/mol. The molecule has 2 aromatic rings. The summed E-state index contributed by atoms with van der Waals surface area (Å²) in [5.74, 6) is -1.12. The zero-order valence-corrected chi connectivity index (χ0v) is 13.7. The van der Waals surface area contributed by atoms with E-state index in [9.17, 15) is 8.78 Å². The summed E-state index contributed by atoms with van der Waals surface area (Å²) >= 11 is 3.09. The first-order chi connectivity index (χ1) is 10.0.